The molecule has 0 amide bonds. The highest BCUT2D eigenvalue weighted by atomic mass is 35.5. The van der Waals surface area contributed by atoms with Gasteiger partial charge in [-0.1, -0.05) is 29.8 Å². The summed E-state index contributed by atoms with van der Waals surface area (Å²) in [4.78, 5) is 4.15. The van der Waals surface area contributed by atoms with Crippen LogP contribution in [0.15, 0.2) is 48.7 Å². The van der Waals surface area contributed by atoms with E-state index in [1.54, 1.807) is 6.20 Å². The molecule has 18 heavy (non-hydrogen) atoms. The summed E-state index contributed by atoms with van der Waals surface area (Å²) in [6.07, 6.45) is 2.55. The van der Waals surface area contributed by atoms with Crippen LogP contribution in [0.5, 0.6) is 5.75 Å². The van der Waals surface area contributed by atoms with Gasteiger partial charge in [-0.25, -0.2) is 4.98 Å². The molecule has 1 N–H and O–H groups in total. The van der Waals surface area contributed by atoms with E-state index in [0.717, 1.165) is 24.5 Å². The van der Waals surface area contributed by atoms with E-state index in [1.807, 2.05) is 42.5 Å². The summed E-state index contributed by atoms with van der Waals surface area (Å²) >= 11 is 5.75. The number of pyridine rings is 1. The lowest BCUT2D eigenvalue weighted by atomic mass is 10.3. The summed E-state index contributed by atoms with van der Waals surface area (Å²) in [6, 6.07) is 13.5. The molecular formula is C14H15ClN2O. The second-order valence-electron chi connectivity index (χ2n) is 3.80. The van der Waals surface area contributed by atoms with Crippen molar-refractivity contribution in [3.8, 4) is 5.75 Å². The van der Waals surface area contributed by atoms with Crippen molar-refractivity contribution in [3.63, 3.8) is 0 Å². The van der Waals surface area contributed by atoms with E-state index in [0.29, 0.717) is 11.6 Å². The third-order valence-corrected chi connectivity index (χ3v) is 2.59. The van der Waals surface area contributed by atoms with Gasteiger partial charge in [0, 0.05) is 12.7 Å². The Morgan fingerprint density at radius 3 is 2.67 bits per heavy atom. The first-order chi connectivity index (χ1) is 8.84. The van der Waals surface area contributed by atoms with Gasteiger partial charge in [0.2, 0.25) is 0 Å². The largest absolute Gasteiger partial charge is 0.494 e. The van der Waals surface area contributed by atoms with Crippen molar-refractivity contribution in [2.75, 3.05) is 18.5 Å². The molecule has 94 valence electrons. The fourth-order valence-corrected chi connectivity index (χ4v) is 1.59. The molecule has 0 saturated heterocycles. The number of hydrogen-bond donors (Lipinski definition) is 1. The van der Waals surface area contributed by atoms with Gasteiger partial charge in [0.25, 0.3) is 0 Å². The van der Waals surface area contributed by atoms with E-state index in [-0.39, 0.29) is 0 Å². The van der Waals surface area contributed by atoms with Gasteiger partial charge in [-0.15, -0.1) is 0 Å². The van der Waals surface area contributed by atoms with Gasteiger partial charge in [-0.2, -0.15) is 0 Å². The van der Waals surface area contributed by atoms with Crippen LogP contribution in [-0.4, -0.2) is 18.1 Å². The highest BCUT2D eigenvalue weighted by Gasteiger charge is 1.94. The molecule has 3 nitrogen and oxygen atoms in total. The SMILES string of the molecule is Clc1ccc(NCCCOc2ccccc2)nc1. The molecule has 0 saturated carbocycles. The van der Waals surface area contributed by atoms with Crippen molar-refractivity contribution in [1.82, 2.24) is 4.98 Å². The highest BCUT2D eigenvalue weighted by molar-refractivity contribution is 6.30. The maximum absolute atomic E-state index is 5.75. The Bertz CT molecular complexity index is 459. The predicted molar refractivity (Wildman–Crippen MR) is 74.3 cm³/mol. The molecule has 0 aliphatic rings. The number of anilines is 1. The Kier molecular flexibility index (Phi) is 4.85. The molecule has 4 heteroatoms. The monoisotopic (exact) mass is 262 g/mol. The van der Waals surface area contributed by atoms with Gasteiger partial charge >= 0.3 is 0 Å². The van der Waals surface area contributed by atoms with Crippen LogP contribution in [0, 0.1) is 0 Å². The smallest absolute Gasteiger partial charge is 0.125 e. The second-order valence-corrected chi connectivity index (χ2v) is 4.24. The van der Waals surface area contributed by atoms with Crippen LogP contribution in [0.2, 0.25) is 5.02 Å². The second kappa shape index (κ2) is 6.87. The summed E-state index contributed by atoms with van der Waals surface area (Å²) in [7, 11) is 0. The fourth-order valence-electron chi connectivity index (χ4n) is 1.48. The van der Waals surface area contributed by atoms with Crippen LogP contribution in [0.1, 0.15) is 6.42 Å². The molecule has 0 fully saturated rings. The molecular weight excluding hydrogens is 248 g/mol. The van der Waals surface area contributed by atoms with Gasteiger partial charge < -0.3 is 10.1 Å². The summed E-state index contributed by atoms with van der Waals surface area (Å²) in [6.45, 7) is 1.51. The summed E-state index contributed by atoms with van der Waals surface area (Å²) < 4.78 is 5.58. The van der Waals surface area contributed by atoms with Crippen LogP contribution < -0.4 is 10.1 Å². The standard InChI is InChI=1S/C14H15ClN2O/c15-12-7-8-14(17-11-12)16-9-4-10-18-13-5-2-1-3-6-13/h1-3,5-8,11H,4,9-10H2,(H,16,17). The third-order valence-electron chi connectivity index (χ3n) is 2.37. The van der Waals surface area contributed by atoms with E-state index < -0.39 is 0 Å². The van der Waals surface area contributed by atoms with Gasteiger partial charge in [-0.05, 0) is 30.7 Å². The molecule has 1 heterocycles. The van der Waals surface area contributed by atoms with Crippen LogP contribution >= 0.6 is 11.6 Å². The Morgan fingerprint density at radius 2 is 1.94 bits per heavy atom. The third kappa shape index (κ3) is 4.26. The number of nitrogens with one attached hydrogen (secondary N) is 1. The molecule has 0 bridgehead atoms. The fraction of sp³-hybridized carbons (Fsp3) is 0.214. The Morgan fingerprint density at radius 1 is 1.11 bits per heavy atom. The van der Waals surface area contributed by atoms with Gasteiger partial charge in [-0.3, -0.25) is 0 Å². The van der Waals surface area contributed by atoms with Crippen molar-refractivity contribution in [3.05, 3.63) is 53.7 Å². The number of hydrogen-bond acceptors (Lipinski definition) is 3. The molecule has 0 atom stereocenters. The van der Waals surface area contributed by atoms with E-state index in [9.17, 15) is 0 Å². The molecule has 1 aromatic carbocycles. The Hall–Kier alpha value is -1.74. The molecule has 2 aromatic rings. The molecule has 0 unspecified atom stereocenters. The first-order valence-electron chi connectivity index (χ1n) is 5.88. The van der Waals surface area contributed by atoms with Crippen molar-refractivity contribution in [2.45, 2.75) is 6.42 Å². The lowest BCUT2D eigenvalue weighted by Gasteiger charge is -2.07. The molecule has 0 radical (unpaired) electrons. The van der Waals surface area contributed by atoms with Crippen LogP contribution in [0.4, 0.5) is 5.82 Å². The topological polar surface area (TPSA) is 34.1 Å². The number of para-hydroxylation sites is 1. The zero-order valence-electron chi connectivity index (χ0n) is 9.97. The van der Waals surface area contributed by atoms with Crippen molar-refractivity contribution in [2.24, 2.45) is 0 Å². The number of ether oxygens (including phenoxy) is 1. The number of benzene rings is 1. The number of nitrogens with zero attached hydrogens (tertiary/aromatic N) is 1. The van der Waals surface area contributed by atoms with Crippen molar-refractivity contribution < 1.29 is 4.74 Å². The maximum Gasteiger partial charge on any atom is 0.125 e. The average molecular weight is 263 g/mol. The maximum atomic E-state index is 5.75. The highest BCUT2D eigenvalue weighted by Crippen LogP contribution is 2.10. The minimum Gasteiger partial charge on any atom is -0.494 e. The van der Waals surface area contributed by atoms with Gasteiger partial charge in [0.05, 0.1) is 11.6 Å². The van der Waals surface area contributed by atoms with E-state index >= 15 is 0 Å². The van der Waals surface area contributed by atoms with Crippen molar-refractivity contribution >= 4 is 17.4 Å². The minimum atomic E-state index is 0.646. The zero-order chi connectivity index (χ0) is 12.6. The molecule has 0 spiro atoms. The quantitative estimate of drug-likeness (QED) is 0.808. The Balaban J connectivity index is 1.63. The number of rotatable bonds is 6. The summed E-state index contributed by atoms with van der Waals surface area (Å²) in [5.74, 6) is 1.74. The normalized spacial score (nSPS) is 10.1. The average Bonchev–Trinajstić information content (AvgIpc) is 2.42. The summed E-state index contributed by atoms with van der Waals surface area (Å²) in [5, 5.41) is 3.85. The van der Waals surface area contributed by atoms with Gasteiger partial charge in [0.15, 0.2) is 0 Å². The van der Waals surface area contributed by atoms with Crippen LogP contribution in [0.3, 0.4) is 0 Å². The minimum absolute atomic E-state index is 0.646. The Labute approximate surface area is 112 Å². The van der Waals surface area contributed by atoms with E-state index in [2.05, 4.69) is 10.3 Å². The number of halogens is 1. The predicted octanol–water partition coefficient (Wildman–Crippen LogP) is 3.62. The zero-order valence-corrected chi connectivity index (χ0v) is 10.7. The van der Waals surface area contributed by atoms with Gasteiger partial charge in [0.1, 0.15) is 11.6 Å². The molecule has 1 aromatic heterocycles. The summed E-state index contributed by atoms with van der Waals surface area (Å²) in [5.41, 5.74) is 0. The molecule has 0 aliphatic carbocycles. The van der Waals surface area contributed by atoms with E-state index in [4.69, 9.17) is 16.3 Å². The number of aromatic nitrogens is 1. The van der Waals surface area contributed by atoms with Crippen LogP contribution in [-0.2, 0) is 0 Å². The lowest BCUT2D eigenvalue weighted by Crippen LogP contribution is -2.08. The van der Waals surface area contributed by atoms with Crippen LogP contribution in [0.25, 0.3) is 0 Å². The molecule has 2 rings (SSSR count). The first-order valence-corrected chi connectivity index (χ1v) is 6.26. The lowest BCUT2D eigenvalue weighted by molar-refractivity contribution is 0.315. The van der Waals surface area contributed by atoms with E-state index in [1.165, 1.54) is 0 Å². The molecule has 0 aliphatic heterocycles. The first kappa shape index (κ1) is 12.7. The van der Waals surface area contributed by atoms with Crippen molar-refractivity contribution in [1.29, 1.82) is 0 Å².